The summed E-state index contributed by atoms with van der Waals surface area (Å²) < 4.78 is 37.0. The van der Waals surface area contributed by atoms with Crippen molar-refractivity contribution in [3.8, 4) is 5.75 Å². The number of anilines is 1. The molecule has 0 aliphatic carbocycles. The standard InChI is InChI=1S/C24H37N3O5S/c1-3-4-5-18-31-23(28)26-12-10-24(11-13-26)9-8-20-19-21(6-7-22(20)32-24)25-14-16-27(17-15-25)33(2,29)30/h6-7,19H,3-5,8-18H2,1-2H3. The number of amides is 1. The van der Waals surface area contributed by atoms with Crippen molar-refractivity contribution >= 4 is 21.8 Å². The third-order valence-corrected chi connectivity index (χ3v) is 8.50. The molecule has 9 heteroatoms. The first-order valence-electron chi connectivity index (χ1n) is 12.2. The Balaban J connectivity index is 1.30. The minimum Gasteiger partial charge on any atom is -0.487 e. The molecule has 3 heterocycles. The van der Waals surface area contributed by atoms with Crippen LogP contribution in [0.4, 0.5) is 10.5 Å². The lowest BCUT2D eigenvalue weighted by molar-refractivity contribution is -0.0144. The molecule has 4 rings (SSSR count). The van der Waals surface area contributed by atoms with Crippen molar-refractivity contribution < 1.29 is 22.7 Å². The minimum atomic E-state index is -3.12. The number of hydrogen-bond acceptors (Lipinski definition) is 6. The smallest absolute Gasteiger partial charge is 0.409 e. The second-order valence-electron chi connectivity index (χ2n) is 9.53. The molecule has 1 aromatic carbocycles. The molecule has 1 spiro atoms. The fourth-order valence-electron chi connectivity index (χ4n) is 5.03. The number of sulfonamides is 1. The first kappa shape index (κ1) is 24.1. The zero-order chi connectivity index (χ0) is 23.5. The lowest BCUT2D eigenvalue weighted by atomic mass is 9.83. The van der Waals surface area contributed by atoms with E-state index < -0.39 is 10.0 Å². The van der Waals surface area contributed by atoms with Gasteiger partial charge >= 0.3 is 6.09 Å². The highest BCUT2D eigenvalue weighted by Gasteiger charge is 2.41. The molecule has 2 fully saturated rings. The van der Waals surface area contributed by atoms with Gasteiger partial charge in [-0.2, -0.15) is 4.31 Å². The first-order valence-corrected chi connectivity index (χ1v) is 14.1. The maximum absolute atomic E-state index is 12.3. The van der Waals surface area contributed by atoms with Crippen LogP contribution in [0.15, 0.2) is 18.2 Å². The van der Waals surface area contributed by atoms with Crippen LogP contribution >= 0.6 is 0 Å². The van der Waals surface area contributed by atoms with E-state index in [0.717, 1.165) is 56.4 Å². The van der Waals surface area contributed by atoms with E-state index in [1.165, 1.54) is 11.8 Å². The molecule has 8 nitrogen and oxygen atoms in total. The van der Waals surface area contributed by atoms with Gasteiger partial charge in [-0.15, -0.1) is 0 Å². The molecule has 0 bridgehead atoms. The van der Waals surface area contributed by atoms with E-state index in [1.807, 2.05) is 4.90 Å². The van der Waals surface area contributed by atoms with E-state index in [2.05, 4.69) is 30.0 Å². The Hall–Kier alpha value is -2.00. The van der Waals surface area contributed by atoms with Crippen LogP contribution in [0.5, 0.6) is 5.75 Å². The van der Waals surface area contributed by atoms with Crippen LogP contribution in [-0.2, 0) is 21.2 Å². The summed E-state index contributed by atoms with van der Waals surface area (Å²) in [6.07, 6.45) is 7.76. The number of piperazine rings is 1. The lowest BCUT2D eigenvalue weighted by Gasteiger charge is -2.44. The van der Waals surface area contributed by atoms with Crippen molar-refractivity contribution in [2.24, 2.45) is 0 Å². The molecule has 0 radical (unpaired) electrons. The zero-order valence-corrected chi connectivity index (χ0v) is 20.7. The van der Waals surface area contributed by atoms with Crippen LogP contribution in [0.3, 0.4) is 0 Å². The predicted molar refractivity (Wildman–Crippen MR) is 128 cm³/mol. The quantitative estimate of drug-likeness (QED) is 0.583. The number of hydrogen-bond donors (Lipinski definition) is 0. The van der Waals surface area contributed by atoms with Crippen molar-refractivity contribution in [2.75, 3.05) is 57.0 Å². The van der Waals surface area contributed by atoms with Gasteiger partial charge in [-0.1, -0.05) is 19.8 Å². The van der Waals surface area contributed by atoms with Gasteiger partial charge in [0, 0.05) is 57.8 Å². The molecule has 1 aromatic rings. The first-order chi connectivity index (χ1) is 15.8. The number of carbonyl (C=O) groups is 1. The summed E-state index contributed by atoms with van der Waals surface area (Å²) in [6.45, 7) is 6.42. The molecular weight excluding hydrogens is 442 g/mol. The van der Waals surface area contributed by atoms with Gasteiger partial charge in [0.15, 0.2) is 0 Å². The largest absolute Gasteiger partial charge is 0.487 e. The van der Waals surface area contributed by atoms with Gasteiger partial charge in [-0.25, -0.2) is 13.2 Å². The highest BCUT2D eigenvalue weighted by Crippen LogP contribution is 2.40. The molecular formula is C24H37N3O5S. The summed E-state index contributed by atoms with van der Waals surface area (Å²) in [5, 5.41) is 0. The minimum absolute atomic E-state index is 0.197. The summed E-state index contributed by atoms with van der Waals surface area (Å²) in [7, 11) is -3.12. The Morgan fingerprint density at radius 3 is 2.45 bits per heavy atom. The fraction of sp³-hybridized carbons (Fsp3) is 0.708. The van der Waals surface area contributed by atoms with E-state index in [-0.39, 0.29) is 11.7 Å². The Bertz CT molecular complexity index is 935. The summed E-state index contributed by atoms with van der Waals surface area (Å²) >= 11 is 0. The van der Waals surface area contributed by atoms with Crippen LogP contribution in [0, 0.1) is 0 Å². The molecule has 0 unspecified atom stereocenters. The Kier molecular flexibility index (Phi) is 7.38. The predicted octanol–water partition coefficient (Wildman–Crippen LogP) is 3.25. The Labute approximate surface area is 197 Å². The van der Waals surface area contributed by atoms with E-state index in [4.69, 9.17) is 9.47 Å². The van der Waals surface area contributed by atoms with Gasteiger partial charge < -0.3 is 19.3 Å². The fourth-order valence-corrected chi connectivity index (χ4v) is 5.86. The van der Waals surface area contributed by atoms with Gasteiger partial charge in [0.05, 0.1) is 12.9 Å². The summed E-state index contributed by atoms with van der Waals surface area (Å²) in [5.74, 6) is 0.940. The molecule has 33 heavy (non-hydrogen) atoms. The average Bonchev–Trinajstić information content (AvgIpc) is 2.81. The van der Waals surface area contributed by atoms with Crippen LogP contribution in [0.1, 0.15) is 51.0 Å². The summed E-state index contributed by atoms with van der Waals surface area (Å²) in [6, 6.07) is 6.33. The van der Waals surface area contributed by atoms with Crippen LogP contribution in [-0.4, -0.2) is 81.4 Å². The van der Waals surface area contributed by atoms with Crippen LogP contribution < -0.4 is 9.64 Å². The van der Waals surface area contributed by atoms with Crippen molar-refractivity contribution in [1.82, 2.24) is 9.21 Å². The maximum atomic E-state index is 12.3. The molecule has 3 aliphatic heterocycles. The number of rotatable bonds is 6. The van der Waals surface area contributed by atoms with Crippen molar-refractivity contribution in [2.45, 2.75) is 57.5 Å². The van der Waals surface area contributed by atoms with Gasteiger partial charge in [0.25, 0.3) is 0 Å². The molecule has 0 saturated carbocycles. The zero-order valence-electron chi connectivity index (χ0n) is 19.9. The molecule has 0 N–H and O–H groups in total. The van der Waals surface area contributed by atoms with E-state index >= 15 is 0 Å². The lowest BCUT2D eigenvalue weighted by Crippen LogP contribution is -2.51. The monoisotopic (exact) mass is 479 g/mol. The normalized spacial score (nSPS) is 20.9. The number of likely N-dealkylation sites (tertiary alicyclic amines) is 1. The third-order valence-electron chi connectivity index (χ3n) is 7.20. The summed E-state index contributed by atoms with van der Waals surface area (Å²) in [5.41, 5.74) is 2.14. The van der Waals surface area contributed by atoms with Crippen molar-refractivity contribution in [1.29, 1.82) is 0 Å². The number of aryl methyl sites for hydroxylation is 1. The molecule has 184 valence electrons. The Morgan fingerprint density at radius 1 is 1.06 bits per heavy atom. The molecule has 1 amide bonds. The number of piperidine rings is 1. The topological polar surface area (TPSA) is 79.4 Å². The summed E-state index contributed by atoms with van der Waals surface area (Å²) in [4.78, 5) is 16.4. The molecule has 0 aromatic heterocycles. The molecule has 0 atom stereocenters. The third kappa shape index (κ3) is 5.74. The number of nitrogens with zero attached hydrogens (tertiary/aromatic N) is 3. The number of unbranched alkanes of at least 4 members (excludes halogenated alkanes) is 2. The maximum Gasteiger partial charge on any atom is 0.409 e. The number of fused-ring (bicyclic) bond motifs is 1. The Morgan fingerprint density at radius 2 is 1.79 bits per heavy atom. The van der Waals surface area contributed by atoms with Crippen LogP contribution in [0.2, 0.25) is 0 Å². The second kappa shape index (κ2) is 10.1. The highest BCUT2D eigenvalue weighted by atomic mass is 32.2. The second-order valence-corrected chi connectivity index (χ2v) is 11.5. The van der Waals surface area contributed by atoms with Gasteiger partial charge in [0.2, 0.25) is 10.0 Å². The molecule has 2 saturated heterocycles. The van der Waals surface area contributed by atoms with Gasteiger partial charge in [-0.3, -0.25) is 0 Å². The van der Waals surface area contributed by atoms with Gasteiger partial charge in [-0.05, 0) is 43.0 Å². The van der Waals surface area contributed by atoms with Gasteiger partial charge in [0.1, 0.15) is 11.4 Å². The van der Waals surface area contributed by atoms with Crippen molar-refractivity contribution in [3.63, 3.8) is 0 Å². The van der Waals surface area contributed by atoms with E-state index in [9.17, 15) is 13.2 Å². The number of benzene rings is 1. The highest BCUT2D eigenvalue weighted by molar-refractivity contribution is 7.88. The number of ether oxygens (including phenoxy) is 2. The van der Waals surface area contributed by atoms with Crippen molar-refractivity contribution in [3.05, 3.63) is 23.8 Å². The average molecular weight is 480 g/mol. The van der Waals surface area contributed by atoms with E-state index in [1.54, 1.807) is 4.31 Å². The van der Waals surface area contributed by atoms with Crippen LogP contribution in [0.25, 0.3) is 0 Å². The van der Waals surface area contributed by atoms with E-state index in [0.29, 0.717) is 45.9 Å². The SMILES string of the molecule is CCCCCOC(=O)N1CCC2(CCc3cc(N4CCN(S(C)(=O)=O)CC4)ccc3O2)CC1. The number of carbonyl (C=O) groups excluding carboxylic acids is 1. The molecule has 3 aliphatic rings.